The number of hydrogen-bond donors (Lipinski definition) is 1. The Hall–Kier alpha value is -1.10. The van der Waals surface area contributed by atoms with Gasteiger partial charge in [0.2, 0.25) is 0 Å². The molecule has 0 aliphatic carbocycles. The molecule has 0 spiro atoms. The molecular formula is C32H63NO4. The number of rotatable bonds is 28. The number of carbonyl (C=O) groups excluding carboxylic acids is 2. The Morgan fingerprint density at radius 2 is 0.973 bits per heavy atom. The second-order valence-corrected chi connectivity index (χ2v) is 10.8. The van der Waals surface area contributed by atoms with Crippen LogP contribution in [0, 0.1) is 11.8 Å². The van der Waals surface area contributed by atoms with Crippen molar-refractivity contribution >= 4 is 11.9 Å². The van der Waals surface area contributed by atoms with Crippen LogP contribution in [-0.4, -0.2) is 38.2 Å². The quantitative estimate of drug-likeness (QED) is 0.0816. The summed E-state index contributed by atoms with van der Waals surface area (Å²) < 4.78 is 11.1. The van der Waals surface area contributed by atoms with Gasteiger partial charge in [-0.25, -0.2) is 0 Å². The molecule has 0 aliphatic rings. The van der Waals surface area contributed by atoms with Crippen LogP contribution in [0.15, 0.2) is 0 Å². The molecule has 2 unspecified atom stereocenters. The van der Waals surface area contributed by atoms with E-state index in [1.54, 1.807) is 0 Å². The molecule has 0 rings (SSSR count). The third-order valence-corrected chi connectivity index (χ3v) is 7.34. The van der Waals surface area contributed by atoms with Crippen LogP contribution < -0.4 is 5.32 Å². The monoisotopic (exact) mass is 525 g/mol. The zero-order valence-corrected chi connectivity index (χ0v) is 25.3. The molecule has 220 valence electrons. The number of carbonyl (C=O) groups is 2. The normalized spacial score (nSPS) is 12.9. The third kappa shape index (κ3) is 22.6. The SMILES string of the molecule is CCCCCCC(CCCCC)C(=O)OCCCCCCNCCCCCCOC(=O)C(CC)CCC. The average molecular weight is 526 g/mol. The van der Waals surface area contributed by atoms with Gasteiger partial charge in [0.05, 0.1) is 25.0 Å². The molecule has 0 aromatic heterocycles. The lowest BCUT2D eigenvalue weighted by atomic mass is 9.95. The minimum absolute atomic E-state index is 0.00594. The summed E-state index contributed by atoms with van der Waals surface area (Å²) in [5.74, 6) is 0.242. The Kier molecular flexibility index (Phi) is 27.1. The molecule has 0 amide bonds. The lowest BCUT2D eigenvalue weighted by Crippen LogP contribution is -2.19. The number of nitrogens with one attached hydrogen (secondary N) is 1. The Balaban J connectivity index is 3.60. The van der Waals surface area contributed by atoms with Crippen molar-refractivity contribution in [2.75, 3.05) is 26.3 Å². The highest BCUT2D eigenvalue weighted by atomic mass is 16.5. The molecule has 37 heavy (non-hydrogen) atoms. The van der Waals surface area contributed by atoms with Crippen molar-refractivity contribution in [2.45, 2.75) is 156 Å². The van der Waals surface area contributed by atoms with Crippen molar-refractivity contribution in [3.05, 3.63) is 0 Å². The van der Waals surface area contributed by atoms with Crippen LogP contribution in [0.4, 0.5) is 0 Å². The minimum atomic E-state index is -0.00594. The van der Waals surface area contributed by atoms with E-state index < -0.39 is 0 Å². The molecule has 0 fully saturated rings. The van der Waals surface area contributed by atoms with Gasteiger partial charge in [-0.05, 0) is 64.5 Å². The maximum Gasteiger partial charge on any atom is 0.308 e. The van der Waals surface area contributed by atoms with E-state index in [4.69, 9.17) is 9.47 Å². The van der Waals surface area contributed by atoms with E-state index in [0.717, 1.165) is 83.7 Å². The predicted molar refractivity (Wildman–Crippen MR) is 157 cm³/mol. The van der Waals surface area contributed by atoms with Gasteiger partial charge in [-0.1, -0.05) is 105 Å². The number of esters is 2. The second-order valence-electron chi connectivity index (χ2n) is 10.8. The summed E-state index contributed by atoms with van der Waals surface area (Å²) in [6, 6.07) is 0. The molecule has 2 atom stereocenters. The van der Waals surface area contributed by atoms with Gasteiger partial charge < -0.3 is 14.8 Å². The van der Waals surface area contributed by atoms with Crippen LogP contribution in [-0.2, 0) is 19.1 Å². The van der Waals surface area contributed by atoms with E-state index in [1.165, 1.54) is 57.8 Å². The fraction of sp³-hybridized carbons (Fsp3) is 0.938. The zero-order valence-electron chi connectivity index (χ0n) is 25.3. The molecule has 5 nitrogen and oxygen atoms in total. The lowest BCUT2D eigenvalue weighted by Gasteiger charge is -2.16. The van der Waals surface area contributed by atoms with Crippen molar-refractivity contribution in [3.8, 4) is 0 Å². The summed E-state index contributed by atoms with van der Waals surface area (Å²) >= 11 is 0. The van der Waals surface area contributed by atoms with E-state index >= 15 is 0 Å². The van der Waals surface area contributed by atoms with Gasteiger partial charge in [0.15, 0.2) is 0 Å². The van der Waals surface area contributed by atoms with Gasteiger partial charge in [0.1, 0.15) is 0 Å². The van der Waals surface area contributed by atoms with Crippen LogP contribution in [0.3, 0.4) is 0 Å². The molecule has 0 saturated heterocycles. The van der Waals surface area contributed by atoms with Crippen molar-refractivity contribution < 1.29 is 19.1 Å². The zero-order chi connectivity index (χ0) is 27.4. The summed E-state index contributed by atoms with van der Waals surface area (Å²) in [5.41, 5.74) is 0. The standard InChI is InChI=1S/C32H63NO4/c1-5-9-11-17-24-30(23-16-10-6-2)32(35)37-28-21-15-13-19-26-33-25-18-12-14-20-27-36-31(34)29(8-4)22-7-3/h29-30,33H,5-28H2,1-4H3. The summed E-state index contributed by atoms with van der Waals surface area (Å²) in [5, 5.41) is 3.54. The molecule has 0 aliphatic heterocycles. The van der Waals surface area contributed by atoms with Crippen LogP contribution in [0.25, 0.3) is 0 Å². The van der Waals surface area contributed by atoms with Gasteiger partial charge in [-0.3, -0.25) is 9.59 Å². The van der Waals surface area contributed by atoms with Crippen LogP contribution in [0.5, 0.6) is 0 Å². The first kappa shape index (κ1) is 35.9. The maximum absolute atomic E-state index is 12.6. The molecule has 0 saturated carbocycles. The maximum atomic E-state index is 12.6. The Bertz CT molecular complexity index is 511. The third-order valence-electron chi connectivity index (χ3n) is 7.34. The van der Waals surface area contributed by atoms with Crippen LogP contribution >= 0.6 is 0 Å². The fourth-order valence-electron chi connectivity index (χ4n) is 4.79. The number of hydrogen-bond acceptors (Lipinski definition) is 5. The second kappa shape index (κ2) is 27.9. The van der Waals surface area contributed by atoms with Gasteiger partial charge >= 0.3 is 11.9 Å². The highest BCUT2D eigenvalue weighted by Gasteiger charge is 2.19. The van der Waals surface area contributed by atoms with E-state index in [9.17, 15) is 9.59 Å². The molecule has 0 aromatic rings. The van der Waals surface area contributed by atoms with Gasteiger partial charge in [0, 0.05) is 0 Å². The fourth-order valence-corrected chi connectivity index (χ4v) is 4.79. The topological polar surface area (TPSA) is 64.6 Å². The molecule has 0 aromatic carbocycles. The van der Waals surface area contributed by atoms with E-state index in [1.807, 2.05) is 0 Å². The predicted octanol–water partition coefficient (Wildman–Crippen LogP) is 8.78. The Morgan fingerprint density at radius 1 is 0.514 bits per heavy atom. The Morgan fingerprint density at radius 3 is 1.49 bits per heavy atom. The van der Waals surface area contributed by atoms with Gasteiger partial charge in [0.25, 0.3) is 0 Å². The van der Waals surface area contributed by atoms with Crippen molar-refractivity contribution in [3.63, 3.8) is 0 Å². The van der Waals surface area contributed by atoms with E-state index in [0.29, 0.717) is 13.2 Å². The summed E-state index contributed by atoms with van der Waals surface area (Å²) in [6.07, 6.45) is 22.2. The minimum Gasteiger partial charge on any atom is -0.465 e. The van der Waals surface area contributed by atoms with E-state index in [-0.39, 0.29) is 23.8 Å². The van der Waals surface area contributed by atoms with Crippen LogP contribution in [0.1, 0.15) is 156 Å². The molecule has 0 heterocycles. The van der Waals surface area contributed by atoms with E-state index in [2.05, 4.69) is 33.0 Å². The molecule has 0 radical (unpaired) electrons. The highest BCUT2D eigenvalue weighted by Crippen LogP contribution is 2.20. The van der Waals surface area contributed by atoms with Crippen molar-refractivity contribution in [2.24, 2.45) is 11.8 Å². The summed E-state index contributed by atoms with van der Waals surface area (Å²) in [6.45, 7) is 11.9. The first-order valence-electron chi connectivity index (χ1n) is 16.1. The molecule has 1 N–H and O–H groups in total. The molecule has 0 bridgehead atoms. The average Bonchev–Trinajstić information content (AvgIpc) is 2.90. The first-order valence-corrected chi connectivity index (χ1v) is 16.1. The smallest absolute Gasteiger partial charge is 0.308 e. The number of unbranched alkanes of at least 4 members (excludes halogenated alkanes) is 11. The van der Waals surface area contributed by atoms with Gasteiger partial charge in [-0.15, -0.1) is 0 Å². The largest absolute Gasteiger partial charge is 0.465 e. The lowest BCUT2D eigenvalue weighted by molar-refractivity contribution is -0.150. The van der Waals surface area contributed by atoms with Gasteiger partial charge in [-0.2, -0.15) is 0 Å². The molecular weight excluding hydrogens is 462 g/mol. The van der Waals surface area contributed by atoms with Crippen molar-refractivity contribution in [1.82, 2.24) is 5.32 Å². The first-order chi connectivity index (χ1) is 18.1. The summed E-state index contributed by atoms with van der Waals surface area (Å²) in [4.78, 5) is 24.5. The molecule has 5 heteroatoms. The summed E-state index contributed by atoms with van der Waals surface area (Å²) in [7, 11) is 0. The number of ether oxygens (including phenoxy) is 2. The Labute approximate surface area is 230 Å². The highest BCUT2D eigenvalue weighted by molar-refractivity contribution is 5.72. The van der Waals surface area contributed by atoms with Crippen molar-refractivity contribution in [1.29, 1.82) is 0 Å². The van der Waals surface area contributed by atoms with Crippen LogP contribution in [0.2, 0.25) is 0 Å².